The second-order valence-electron chi connectivity index (χ2n) is 6.03. The lowest BCUT2D eigenvalue weighted by Crippen LogP contribution is -2.41. The Bertz CT molecular complexity index is 475. The summed E-state index contributed by atoms with van der Waals surface area (Å²) in [6.45, 7) is 10.1. The number of hydrogen-bond donors (Lipinski definition) is 0. The van der Waals surface area contributed by atoms with Crippen LogP contribution in [0.2, 0.25) is 0 Å². The van der Waals surface area contributed by atoms with Gasteiger partial charge in [0.05, 0.1) is 11.2 Å². The van der Waals surface area contributed by atoms with Crippen molar-refractivity contribution in [2.45, 2.75) is 45.8 Å². The van der Waals surface area contributed by atoms with Gasteiger partial charge in [0.15, 0.2) is 0 Å². The monoisotopic (exact) mass is 262 g/mol. The maximum absolute atomic E-state index is 12.9. The molecule has 0 N–H and O–H groups in total. The Morgan fingerprint density at radius 2 is 1.53 bits per heavy atom. The Morgan fingerprint density at radius 3 is 2.00 bits per heavy atom. The van der Waals surface area contributed by atoms with Crippen molar-refractivity contribution in [3.63, 3.8) is 0 Å². The van der Waals surface area contributed by atoms with E-state index in [1.807, 2.05) is 40.7 Å². The van der Waals surface area contributed by atoms with Gasteiger partial charge in [-0.3, -0.25) is 0 Å². The van der Waals surface area contributed by atoms with Crippen LogP contribution in [-0.2, 0) is 9.31 Å². The Hall–Kier alpha value is -1.13. The molecular weight excluding hydrogens is 242 g/mol. The largest absolute Gasteiger partial charge is 0.490 e. The van der Waals surface area contributed by atoms with Crippen LogP contribution in [0, 0.1) is 5.82 Å². The number of rotatable bonds is 2. The summed E-state index contributed by atoms with van der Waals surface area (Å²) in [5, 5.41) is 0. The molecule has 1 heterocycles. The molecule has 0 radical (unpaired) electrons. The minimum Gasteiger partial charge on any atom is -0.400 e. The Kier molecular flexibility index (Phi) is 3.58. The van der Waals surface area contributed by atoms with E-state index in [4.69, 9.17) is 9.31 Å². The van der Waals surface area contributed by atoms with Crippen LogP contribution in [0.4, 0.5) is 4.39 Å². The summed E-state index contributed by atoms with van der Waals surface area (Å²) in [6.07, 6.45) is 1.96. The van der Waals surface area contributed by atoms with Gasteiger partial charge >= 0.3 is 7.12 Å². The molecule has 1 aliphatic rings. The average molecular weight is 262 g/mol. The first-order valence-corrected chi connectivity index (χ1v) is 6.51. The van der Waals surface area contributed by atoms with E-state index in [1.54, 1.807) is 12.1 Å². The highest BCUT2D eigenvalue weighted by molar-refractivity contribution is 6.55. The van der Waals surface area contributed by atoms with E-state index in [0.29, 0.717) is 0 Å². The fourth-order valence-corrected chi connectivity index (χ4v) is 1.92. The molecule has 1 aromatic carbocycles. The van der Waals surface area contributed by atoms with Gasteiger partial charge in [0.25, 0.3) is 0 Å². The summed E-state index contributed by atoms with van der Waals surface area (Å²) in [5.74, 6) is -0.231. The first kappa shape index (κ1) is 14.3. The molecule has 0 atom stereocenters. The predicted octanol–water partition coefficient (Wildman–Crippen LogP) is 3.86. The van der Waals surface area contributed by atoms with Crippen LogP contribution < -0.4 is 0 Å². The zero-order valence-corrected chi connectivity index (χ0v) is 12.2. The van der Waals surface area contributed by atoms with Crippen molar-refractivity contribution in [1.82, 2.24) is 0 Å². The van der Waals surface area contributed by atoms with E-state index in [9.17, 15) is 4.39 Å². The number of benzene rings is 1. The fourth-order valence-electron chi connectivity index (χ4n) is 1.92. The first-order valence-electron chi connectivity index (χ1n) is 6.51. The zero-order valence-electron chi connectivity index (χ0n) is 12.2. The molecule has 4 heteroatoms. The third-order valence-corrected chi connectivity index (χ3v) is 3.89. The van der Waals surface area contributed by atoms with Gasteiger partial charge in [-0.2, -0.15) is 0 Å². The molecule has 1 saturated heterocycles. The lowest BCUT2D eigenvalue weighted by molar-refractivity contribution is 0.00578. The van der Waals surface area contributed by atoms with E-state index < -0.39 is 0 Å². The Morgan fingerprint density at radius 1 is 1.05 bits per heavy atom. The van der Waals surface area contributed by atoms with Gasteiger partial charge in [-0.1, -0.05) is 18.2 Å². The third kappa shape index (κ3) is 2.90. The summed E-state index contributed by atoms with van der Waals surface area (Å²) in [7, 11) is -0.352. The van der Waals surface area contributed by atoms with E-state index in [-0.39, 0.29) is 24.1 Å². The van der Waals surface area contributed by atoms with Crippen molar-refractivity contribution >= 4 is 13.2 Å². The second-order valence-corrected chi connectivity index (χ2v) is 6.03. The predicted molar refractivity (Wildman–Crippen MR) is 76.1 cm³/mol. The standard InChI is InChI=1S/C15H20BFO2/c1-11(10-12-6-8-13(17)9-7-12)16-18-14(2,3)15(4,5)19-16/h6-10H,1-5H3/b11-10+. The molecule has 0 unspecified atom stereocenters. The van der Waals surface area contributed by atoms with Crippen LogP contribution in [0.15, 0.2) is 29.7 Å². The van der Waals surface area contributed by atoms with Crippen molar-refractivity contribution in [3.05, 3.63) is 41.1 Å². The zero-order chi connectivity index (χ0) is 14.3. The lowest BCUT2D eigenvalue weighted by Gasteiger charge is -2.32. The normalized spacial score (nSPS) is 21.8. The highest BCUT2D eigenvalue weighted by Gasteiger charge is 2.51. The van der Waals surface area contributed by atoms with Gasteiger partial charge in [0.2, 0.25) is 0 Å². The van der Waals surface area contributed by atoms with E-state index in [2.05, 4.69) is 0 Å². The molecule has 102 valence electrons. The van der Waals surface area contributed by atoms with Gasteiger partial charge in [0.1, 0.15) is 5.82 Å². The summed E-state index contributed by atoms with van der Waals surface area (Å²) in [6, 6.07) is 6.38. The summed E-state index contributed by atoms with van der Waals surface area (Å²) in [5.41, 5.74) is 1.24. The van der Waals surface area contributed by atoms with Gasteiger partial charge in [-0.25, -0.2) is 4.39 Å². The lowest BCUT2D eigenvalue weighted by atomic mass is 9.78. The van der Waals surface area contributed by atoms with Crippen LogP contribution in [0.3, 0.4) is 0 Å². The number of halogens is 1. The van der Waals surface area contributed by atoms with Crippen LogP contribution >= 0.6 is 0 Å². The molecule has 19 heavy (non-hydrogen) atoms. The first-order chi connectivity index (χ1) is 8.71. The second kappa shape index (κ2) is 4.76. The Labute approximate surface area is 114 Å². The van der Waals surface area contributed by atoms with Crippen molar-refractivity contribution in [2.75, 3.05) is 0 Å². The van der Waals surface area contributed by atoms with Crippen molar-refractivity contribution in [3.8, 4) is 0 Å². The highest BCUT2D eigenvalue weighted by Crippen LogP contribution is 2.38. The SMILES string of the molecule is C/C(=C\c1ccc(F)cc1)B1OC(C)(C)C(C)(C)O1. The molecule has 0 aliphatic carbocycles. The van der Waals surface area contributed by atoms with Crippen LogP contribution in [0.25, 0.3) is 6.08 Å². The average Bonchev–Trinajstić information content (AvgIpc) is 2.51. The van der Waals surface area contributed by atoms with Crippen LogP contribution in [-0.4, -0.2) is 18.3 Å². The van der Waals surface area contributed by atoms with Crippen molar-refractivity contribution in [1.29, 1.82) is 0 Å². The molecule has 0 bridgehead atoms. The molecule has 1 aliphatic heterocycles. The van der Waals surface area contributed by atoms with Crippen LogP contribution in [0.1, 0.15) is 40.2 Å². The maximum atomic E-state index is 12.9. The van der Waals surface area contributed by atoms with Gasteiger partial charge in [-0.05, 0) is 57.8 Å². The molecule has 0 spiro atoms. The minimum atomic E-state index is -0.352. The summed E-state index contributed by atoms with van der Waals surface area (Å²) < 4.78 is 24.8. The van der Waals surface area contributed by atoms with Gasteiger partial charge in [0, 0.05) is 0 Å². The van der Waals surface area contributed by atoms with Gasteiger partial charge < -0.3 is 9.31 Å². The quantitative estimate of drug-likeness (QED) is 0.753. The van der Waals surface area contributed by atoms with Crippen molar-refractivity contribution < 1.29 is 13.7 Å². The van der Waals surface area contributed by atoms with E-state index >= 15 is 0 Å². The summed E-state index contributed by atoms with van der Waals surface area (Å²) >= 11 is 0. The molecule has 2 rings (SSSR count). The minimum absolute atomic E-state index is 0.231. The van der Waals surface area contributed by atoms with E-state index in [1.165, 1.54) is 12.1 Å². The van der Waals surface area contributed by atoms with Crippen LogP contribution in [0.5, 0.6) is 0 Å². The maximum Gasteiger partial charge on any atom is 0.490 e. The highest BCUT2D eigenvalue weighted by atomic mass is 19.1. The molecule has 0 saturated carbocycles. The molecule has 1 fully saturated rings. The van der Waals surface area contributed by atoms with Crippen molar-refractivity contribution in [2.24, 2.45) is 0 Å². The molecule has 0 aromatic heterocycles. The third-order valence-electron chi connectivity index (χ3n) is 3.89. The van der Waals surface area contributed by atoms with Gasteiger partial charge in [-0.15, -0.1) is 0 Å². The Balaban J connectivity index is 2.17. The summed E-state index contributed by atoms with van der Waals surface area (Å²) in [4.78, 5) is 0. The number of allylic oxidation sites excluding steroid dienone is 1. The topological polar surface area (TPSA) is 18.5 Å². The van der Waals surface area contributed by atoms with E-state index in [0.717, 1.165) is 11.0 Å². The number of hydrogen-bond acceptors (Lipinski definition) is 2. The molecule has 1 aromatic rings. The smallest absolute Gasteiger partial charge is 0.400 e. The fraction of sp³-hybridized carbons (Fsp3) is 0.467. The molecule has 2 nitrogen and oxygen atoms in total. The molecular formula is C15H20BFO2. The molecule has 0 amide bonds.